The van der Waals surface area contributed by atoms with Gasteiger partial charge in [-0.2, -0.15) is 5.10 Å². The summed E-state index contributed by atoms with van der Waals surface area (Å²) in [5.74, 6) is 0.627. The maximum atomic E-state index is 9.77. The molecule has 5 nitrogen and oxygen atoms in total. The van der Waals surface area contributed by atoms with Crippen molar-refractivity contribution in [3.63, 3.8) is 0 Å². The quantitative estimate of drug-likeness (QED) is 0.800. The Hall–Kier alpha value is -2.24. The van der Waals surface area contributed by atoms with E-state index in [0.29, 0.717) is 5.92 Å². The van der Waals surface area contributed by atoms with Gasteiger partial charge in [-0.3, -0.25) is 14.6 Å². The number of benzene rings is 1. The number of aliphatic hydroxyl groups is 1. The Morgan fingerprint density at radius 3 is 2.96 bits per heavy atom. The summed E-state index contributed by atoms with van der Waals surface area (Å²) in [5, 5.41) is 15.2. The molecule has 2 aromatic heterocycles. The Balaban J connectivity index is 1.52. The summed E-state index contributed by atoms with van der Waals surface area (Å²) in [6, 6.07) is 10.5. The Labute approximate surface area is 141 Å². The minimum atomic E-state index is 0.220. The number of fused-ring (bicyclic) bond motifs is 1. The molecule has 124 valence electrons. The minimum Gasteiger partial charge on any atom is -0.396 e. The largest absolute Gasteiger partial charge is 0.396 e. The standard InChI is InChI=1S/C19H22N4O/c1-22-10-16(8-21-22)18-12-23(11-17(18)13-24)9-14-4-5-19-15(7-14)3-2-6-20-19/h2-8,10,17-18,24H,9,11-13H2,1H3/t17-,18-/m0/s1. The molecule has 4 rings (SSSR count). The molecule has 1 fully saturated rings. The lowest BCUT2D eigenvalue weighted by Crippen LogP contribution is -2.20. The van der Waals surface area contributed by atoms with Crippen LogP contribution in [0.5, 0.6) is 0 Å². The number of nitrogens with zero attached hydrogens (tertiary/aromatic N) is 4. The van der Waals surface area contributed by atoms with E-state index >= 15 is 0 Å². The van der Waals surface area contributed by atoms with Crippen LogP contribution in [0.3, 0.4) is 0 Å². The molecule has 1 aliphatic heterocycles. The van der Waals surface area contributed by atoms with Crippen LogP contribution in [-0.4, -0.2) is 44.5 Å². The number of pyridine rings is 1. The van der Waals surface area contributed by atoms with Crippen molar-refractivity contribution in [1.82, 2.24) is 19.7 Å². The van der Waals surface area contributed by atoms with Gasteiger partial charge in [-0.15, -0.1) is 0 Å². The van der Waals surface area contributed by atoms with Crippen molar-refractivity contribution in [3.05, 3.63) is 60.0 Å². The van der Waals surface area contributed by atoms with Crippen LogP contribution in [0.25, 0.3) is 10.9 Å². The van der Waals surface area contributed by atoms with Gasteiger partial charge in [0.2, 0.25) is 0 Å². The van der Waals surface area contributed by atoms with E-state index in [4.69, 9.17) is 0 Å². The van der Waals surface area contributed by atoms with Gasteiger partial charge in [-0.1, -0.05) is 12.1 Å². The molecule has 0 amide bonds. The van der Waals surface area contributed by atoms with Crippen molar-refractivity contribution in [2.75, 3.05) is 19.7 Å². The molecule has 0 radical (unpaired) electrons. The van der Waals surface area contributed by atoms with Crippen LogP contribution in [0, 0.1) is 5.92 Å². The topological polar surface area (TPSA) is 54.2 Å². The molecular weight excluding hydrogens is 300 g/mol. The van der Waals surface area contributed by atoms with E-state index in [2.05, 4.69) is 45.4 Å². The van der Waals surface area contributed by atoms with Crippen LogP contribution in [0.2, 0.25) is 0 Å². The normalized spacial score (nSPS) is 21.6. The lowest BCUT2D eigenvalue weighted by atomic mass is 9.92. The molecular formula is C19H22N4O. The molecule has 0 unspecified atom stereocenters. The van der Waals surface area contributed by atoms with E-state index in [0.717, 1.165) is 25.2 Å². The van der Waals surface area contributed by atoms with Crippen LogP contribution >= 0.6 is 0 Å². The van der Waals surface area contributed by atoms with Crippen LogP contribution in [0.15, 0.2) is 48.9 Å². The van der Waals surface area contributed by atoms with Gasteiger partial charge in [-0.25, -0.2) is 0 Å². The maximum Gasteiger partial charge on any atom is 0.0702 e. The Morgan fingerprint density at radius 2 is 2.17 bits per heavy atom. The highest BCUT2D eigenvalue weighted by atomic mass is 16.3. The number of hydrogen-bond acceptors (Lipinski definition) is 4. The van der Waals surface area contributed by atoms with Crippen molar-refractivity contribution >= 4 is 10.9 Å². The van der Waals surface area contributed by atoms with Crippen LogP contribution in [-0.2, 0) is 13.6 Å². The summed E-state index contributed by atoms with van der Waals surface area (Å²) >= 11 is 0. The lowest BCUT2D eigenvalue weighted by Gasteiger charge is -2.16. The summed E-state index contributed by atoms with van der Waals surface area (Å²) in [7, 11) is 1.94. The van der Waals surface area contributed by atoms with E-state index in [-0.39, 0.29) is 12.5 Å². The number of aliphatic hydroxyl groups excluding tert-OH is 1. The maximum absolute atomic E-state index is 9.77. The molecule has 3 heterocycles. The van der Waals surface area contributed by atoms with Gasteiger partial charge in [0.15, 0.2) is 0 Å². The first-order valence-electron chi connectivity index (χ1n) is 8.38. The fourth-order valence-electron chi connectivity index (χ4n) is 3.77. The second kappa shape index (κ2) is 6.34. The van der Waals surface area contributed by atoms with E-state index in [1.807, 2.05) is 30.2 Å². The summed E-state index contributed by atoms with van der Waals surface area (Å²) < 4.78 is 1.84. The monoisotopic (exact) mass is 322 g/mol. The van der Waals surface area contributed by atoms with Crippen molar-refractivity contribution in [2.45, 2.75) is 12.5 Å². The Morgan fingerprint density at radius 1 is 1.25 bits per heavy atom. The fourth-order valence-corrected chi connectivity index (χ4v) is 3.77. The SMILES string of the molecule is Cn1cc([C@@H]2CN(Cc3ccc4ncccc4c3)C[C@H]2CO)cn1. The van der Waals surface area contributed by atoms with Gasteiger partial charge in [-0.05, 0) is 29.3 Å². The zero-order chi connectivity index (χ0) is 16.5. The van der Waals surface area contributed by atoms with Gasteiger partial charge in [0.1, 0.15) is 0 Å². The predicted molar refractivity (Wildman–Crippen MR) is 93.5 cm³/mol. The molecule has 3 aromatic rings. The van der Waals surface area contributed by atoms with Gasteiger partial charge in [0.05, 0.1) is 11.7 Å². The average molecular weight is 322 g/mol. The van der Waals surface area contributed by atoms with Crippen LogP contribution in [0.1, 0.15) is 17.0 Å². The number of rotatable bonds is 4. The van der Waals surface area contributed by atoms with Gasteiger partial charge in [0, 0.05) is 62.9 Å². The second-order valence-corrected chi connectivity index (χ2v) is 6.72. The molecule has 1 N–H and O–H groups in total. The van der Waals surface area contributed by atoms with Gasteiger partial charge >= 0.3 is 0 Å². The van der Waals surface area contributed by atoms with E-state index in [9.17, 15) is 5.11 Å². The number of hydrogen-bond donors (Lipinski definition) is 1. The van der Waals surface area contributed by atoms with Crippen LogP contribution < -0.4 is 0 Å². The molecule has 5 heteroatoms. The average Bonchev–Trinajstić information content (AvgIpc) is 3.20. The Bertz CT molecular complexity index is 844. The zero-order valence-corrected chi connectivity index (χ0v) is 13.8. The van der Waals surface area contributed by atoms with Gasteiger partial charge in [0.25, 0.3) is 0 Å². The lowest BCUT2D eigenvalue weighted by molar-refractivity contribution is 0.214. The highest BCUT2D eigenvalue weighted by Gasteiger charge is 2.33. The molecule has 0 spiro atoms. The number of aromatic nitrogens is 3. The third-order valence-electron chi connectivity index (χ3n) is 4.98. The molecule has 1 aliphatic rings. The fraction of sp³-hybridized carbons (Fsp3) is 0.368. The molecule has 24 heavy (non-hydrogen) atoms. The first-order chi connectivity index (χ1) is 11.7. The summed E-state index contributed by atoms with van der Waals surface area (Å²) in [4.78, 5) is 6.80. The molecule has 2 atom stereocenters. The van der Waals surface area contributed by atoms with Crippen molar-refractivity contribution < 1.29 is 5.11 Å². The molecule has 0 bridgehead atoms. The van der Waals surface area contributed by atoms with Crippen molar-refractivity contribution in [3.8, 4) is 0 Å². The van der Waals surface area contributed by atoms with Gasteiger partial charge < -0.3 is 5.11 Å². The first kappa shape index (κ1) is 15.3. The number of likely N-dealkylation sites (tertiary alicyclic amines) is 1. The minimum absolute atomic E-state index is 0.220. The highest BCUT2D eigenvalue weighted by Crippen LogP contribution is 2.33. The van der Waals surface area contributed by atoms with Crippen LogP contribution in [0.4, 0.5) is 0 Å². The molecule has 0 saturated carbocycles. The third kappa shape index (κ3) is 2.92. The predicted octanol–water partition coefficient (Wildman–Crippen LogP) is 2.18. The molecule has 0 aliphatic carbocycles. The molecule has 1 saturated heterocycles. The summed E-state index contributed by atoms with van der Waals surface area (Å²) in [5.41, 5.74) is 3.55. The van der Waals surface area contributed by atoms with E-state index in [1.165, 1.54) is 16.5 Å². The summed E-state index contributed by atoms with van der Waals surface area (Å²) in [6.07, 6.45) is 5.82. The molecule has 1 aromatic carbocycles. The highest BCUT2D eigenvalue weighted by molar-refractivity contribution is 5.78. The first-order valence-corrected chi connectivity index (χ1v) is 8.38. The second-order valence-electron chi connectivity index (χ2n) is 6.72. The number of aryl methyl sites for hydroxylation is 1. The van der Waals surface area contributed by atoms with E-state index in [1.54, 1.807) is 0 Å². The summed E-state index contributed by atoms with van der Waals surface area (Å²) in [6.45, 7) is 3.00. The van der Waals surface area contributed by atoms with Crippen molar-refractivity contribution in [1.29, 1.82) is 0 Å². The zero-order valence-electron chi connectivity index (χ0n) is 13.8. The van der Waals surface area contributed by atoms with Crippen molar-refractivity contribution in [2.24, 2.45) is 13.0 Å². The third-order valence-corrected chi connectivity index (χ3v) is 4.98. The van der Waals surface area contributed by atoms with E-state index < -0.39 is 0 Å². The Kier molecular flexibility index (Phi) is 4.04. The smallest absolute Gasteiger partial charge is 0.0702 e.